The summed E-state index contributed by atoms with van der Waals surface area (Å²) in [7, 11) is 0. The van der Waals surface area contributed by atoms with Gasteiger partial charge in [-0.15, -0.1) is 0 Å². The normalized spacial score (nSPS) is 13.7. The quantitative estimate of drug-likeness (QED) is 0.479. The molecule has 4 heteroatoms. The molecule has 0 spiro atoms. The van der Waals surface area contributed by atoms with Crippen LogP contribution in [0.4, 0.5) is 17.1 Å². The molecule has 0 aromatic heterocycles. The number of anilines is 3. The number of benzene rings is 3. The molecule has 0 atom stereocenters. The lowest BCUT2D eigenvalue weighted by molar-refractivity contribution is 0.282. The van der Waals surface area contributed by atoms with Crippen molar-refractivity contribution in [1.29, 1.82) is 0 Å². The SMILES string of the molecule is C=C(Nc1ccc(N2CCN(c3ccccc3CO)CC2)cc1C(=C)C)c1ccc(C)cc1. The molecular weight excluding hydrogens is 406 g/mol. The molecule has 0 amide bonds. The first-order chi connectivity index (χ1) is 16.0. The number of aliphatic hydroxyl groups excluding tert-OH is 1. The fourth-order valence-corrected chi connectivity index (χ4v) is 4.34. The Morgan fingerprint density at radius 2 is 1.58 bits per heavy atom. The highest BCUT2D eigenvalue weighted by atomic mass is 16.3. The molecule has 0 unspecified atom stereocenters. The number of allylic oxidation sites excluding steroid dienone is 1. The van der Waals surface area contributed by atoms with Gasteiger partial charge in [-0.25, -0.2) is 0 Å². The second kappa shape index (κ2) is 9.97. The lowest BCUT2D eigenvalue weighted by Crippen LogP contribution is -2.46. The van der Waals surface area contributed by atoms with E-state index in [-0.39, 0.29) is 6.61 Å². The van der Waals surface area contributed by atoms with Crippen LogP contribution >= 0.6 is 0 Å². The summed E-state index contributed by atoms with van der Waals surface area (Å²) < 4.78 is 0. The van der Waals surface area contributed by atoms with Gasteiger partial charge in [-0.1, -0.05) is 61.2 Å². The summed E-state index contributed by atoms with van der Waals surface area (Å²) >= 11 is 0. The van der Waals surface area contributed by atoms with Crippen LogP contribution in [0.3, 0.4) is 0 Å². The molecule has 1 fully saturated rings. The number of para-hydroxylation sites is 1. The minimum absolute atomic E-state index is 0.0701. The topological polar surface area (TPSA) is 38.7 Å². The van der Waals surface area contributed by atoms with E-state index in [1.54, 1.807) is 0 Å². The van der Waals surface area contributed by atoms with Crippen molar-refractivity contribution < 1.29 is 5.11 Å². The third-order valence-corrected chi connectivity index (χ3v) is 6.30. The van der Waals surface area contributed by atoms with Crippen molar-refractivity contribution in [1.82, 2.24) is 0 Å². The summed E-state index contributed by atoms with van der Waals surface area (Å²) in [6.45, 7) is 16.4. The van der Waals surface area contributed by atoms with Gasteiger partial charge in [0.2, 0.25) is 0 Å². The molecular formula is C29H33N3O. The van der Waals surface area contributed by atoms with Crippen molar-refractivity contribution in [2.24, 2.45) is 0 Å². The van der Waals surface area contributed by atoms with Crippen LogP contribution in [0, 0.1) is 6.92 Å². The van der Waals surface area contributed by atoms with Gasteiger partial charge in [0, 0.05) is 60.1 Å². The number of rotatable bonds is 7. The molecule has 0 saturated carbocycles. The third-order valence-electron chi connectivity index (χ3n) is 6.30. The maximum atomic E-state index is 9.68. The van der Waals surface area contributed by atoms with Gasteiger partial charge >= 0.3 is 0 Å². The monoisotopic (exact) mass is 439 g/mol. The lowest BCUT2D eigenvalue weighted by atomic mass is 10.0. The van der Waals surface area contributed by atoms with Crippen molar-refractivity contribution in [3.05, 3.63) is 102 Å². The summed E-state index contributed by atoms with van der Waals surface area (Å²) in [5.41, 5.74) is 9.66. The molecule has 4 rings (SSSR count). The molecule has 1 aliphatic rings. The van der Waals surface area contributed by atoms with Gasteiger partial charge in [-0.3, -0.25) is 0 Å². The second-order valence-electron chi connectivity index (χ2n) is 8.74. The predicted octanol–water partition coefficient (Wildman–Crippen LogP) is 5.93. The molecule has 0 radical (unpaired) electrons. The number of hydrogen-bond acceptors (Lipinski definition) is 4. The fraction of sp³-hybridized carbons (Fsp3) is 0.241. The second-order valence-corrected chi connectivity index (χ2v) is 8.74. The molecule has 4 nitrogen and oxygen atoms in total. The van der Waals surface area contributed by atoms with Gasteiger partial charge in [-0.2, -0.15) is 0 Å². The van der Waals surface area contributed by atoms with E-state index in [0.717, 1.165) is 65.5 Å². The number of nitrogens with one attached hydrogen (secondary N) is 1. The van der Waals surface area contributed by atoms with Crippen molar-refractivity contribution in [3.63, 3.8) is 0 Å². The highest BCUT2D eigenvalue weighted by Gasteiger charge is 2.20. The van der Waals surface area contributed by atoms with Crippen molar-refractivity contribution in [2.45, 2.75) is 20.5 Å². The largest absolute Gasteiger partial charge is 0.392 e. The highest BCUT2D eigenvalue weighted by Crippen LogP contribution is 2.31. The molecule has 3 aromatic rings. The molecule has 1 saturated heterocycles. The Bertz CT molecular complexity index is 1140. The van der Waals surface area contributed by atoms with E-state index in [0.29, 0.717) is 0 Å². The Kier molecular flexibility index (Phi) is 6.85. The maximum Gasteiger partial charge on any atom is 0.0702 e. The Morgan fingerprint density at radius 3 is 2.24 bits per heavy atom. The molecule has 170 valence electrons. The molecule has 1 heterocycles. The van der Waals surface area contributed by atoms with E-state index in [1.165, 1.54) is 11.3 Å². The Hall–Kier alpha value is -3.50. The summed E-state index contributed by atoms with van der Waals surface area (Å²) in [6.07, 6.45) is 0. The minimum Gasteiger partial charge on any atom is -0.392 e. The van der Waals surface area contributed by atoms with E-state index in [1.807, 2.05) is 25.1 Å². The van der Waals surface area contributed by atoms with Gasteiger partial charge in [0.05, 0.1) is 6.61 Å². The van der Waals surface area contributed by atoms with Gasteiger partial charge in [0.1, 0.15) is 0 Å². The van der Waals surface area contributed by atoms with Crippen LogP contribution in [0.15, 0.2) is 79.9 Å². The van der Waals surface area contributed by atoms with Crippen LogP contribution < -0.4 is 15.1 Å². The van der Waals surface area contributed by atoms with Crippen molar-refractivity contribution in [3.8, 4) is 0 Å². The third kappa shape index (κ3) is 5.12. The lowest BCUT2D eigenvalue weighted by Gasteiger charge is -2.38. The van der Waals surface area contributed by atoms with Gasteiger partial charge in [-0.05, 0) is 49.2 Å². The fourth-order valence-electron chi connectivity index (χ4n) is 4.34. The van der Waals surface area contributed by atoms with Crippen LogP contribution in [0.25, 0.3) is 11.3 Å². The number of aliphatic hydroxyl groups is 1. The first-order valence-electron chi connectivity index (χ1n) is 11.5. The predicted molar refractivity (Wildman–Crippen MR) is 142 cm³/mol. The Morgan fingerprint density at radius 1 is 0.909 bits per heavy atom. The average Bonchev–Trinajstić information content (AvgIpc) is 2.84. The van der Waals surface area contributed by atoms with Gasteiger partial charge in [0.15, 0.2) is 0 Å². The molecule has 1 aliphatic heterocycles. The number of hydrogen-bond donors (Lipinski definition) is 2. The van der Waals surface area contributed by atoms with Gasteiger partial charge < -0.3 is 20.2 Å². The molecule has 33 heavy (non-hydrogen) atoms. The first kappa shape index (κ1) is 22.7. The maximum absolute atomic E-state index is 9.68. The van der Waals surface area contributed by atoms with Crippen LogP contribution in [0.1, 0.15) is 29.2 Å². The molecule has 0 bridgehead atoms. The van der Waals surface area contributed by atoms with E-state index >= 15 is 0 Å². The highest BCUT2D eigenvalue weighted by molar-refractivity contribution is 5.84. The van der Waals surface area contributed by atoms with Crippen LogP contribution in [-0.4, -0.2) is 31.3 Å². The summed E-state index contributed by atoms with van der Waals surface area (Å²) in [6, 6.07) is 23.0. The zero-order valence-electron chi connectivity index (χ0n) is 19.6. The molecule has 2 N–H and O–H groups in total. The summed E-state index contributed by atoms with van der Waals surface area (Å²) in [5.74, 6) is 0. The zero-order chi connectivity index (χ0) is 23.4. The smallest absolute Gasteiger partial charge is 0.0702 e. The molecule has 3 aromatic carbocycles. The molecule has 0 aliphatic carbocycles. The standard InChI is InChI=1S/C29H33N3O/c1-21(2)27-19-26(13-14-28(27)30-23(4)24-11-9-22(3)10-12-24)31-15-17-32(18-16-31)29-8-6-5-7-25(29)20-33/h5-14,19,30,33H,1,4,15-18,20H2,2-3H3. The number of piperazine rings is 1. The Balaban J connectivity index is 1.48. The van der Waals surface area contributed by atoms with Crippen LogP contribution in [-0.2, 0) is 6.61 Å². The first-order valence-corrected chi connectivity index (χ1v) is 11.5. The average molecular weight is 440 g/mol. The van der Waals surface area contributed by atoms with Gasteiger partial charge in [0.25, 0.3) is 0 Å². The van der Waals surface area contributed by atoms with E-state index in [4.69, 9.17) is 0 Å². The summed E-state index contributed by atoms with van der Waals surface area (Å²) in [5, 5.41) is 13.2. The number of nitrogens with zero attached hydrogens (tertiary/aromatic N) is 2. The van der Waals surface area contributed by atoms with Crippen molar-refractivity contribution >= 4 is 28.3 Å². The minimum atomic E-state index is 0.0701. The van der Waals surface area contributed by atoms with Crippen molar-refractivity contribution in [2.75, 3.05) is 41.3 Å². The number of aryl methyl sites for hydroxylation is 1. The summed E-state index contributed by atoms with van der Waals surface area (Å²) in [4.78, 5) is 4.78. The van der Waals surface area contributed by atoms with Crippen LogP contribution in [0.2, 0.25) is 0 Å². The van der Waals surface area contributed by atoms with E-state index in [9.17, 15) is 5.11 Å². The van der Waals surface area contributed by atoms with Crippen LogP contribution in [0.5, 0.6) is 0 Å². The zero-order valence-corrected chi connectivity index (χ0v) is 19.6. The van der Waals surface area contributed by atoms with E-state index in [2.05, 4.69) is 83.7 Å². The Labute approximate surface area is 197 Å². The van der Waals surface area contributed by atoms with E-state index < -0.39 is 0 Å².